The van der Waals surface area contributed by atoms with E-state index in [1.807, 2.05) is 104 Å². The minimum atomic E-state index is -2.87. The van der Waals surface area contributed by atoms with Crippen molar-refractivity contribution in [2.75, 3.05) is 36.0 Å². The van der Waals surface area contributed by atoms with Gasteiger partial charge in [-0.2, -0.15) is 8.78 Å². The molecular weight excluding hydrogens is 1310 g/mol. The molecule has 14 rings (SSSR count). The van der Waals surface area contributed by atoms with Crippen LogP contribution in [0.3, 0.4) is 0 Å². The maximum absolute atomic E-state index is 12.6. The van der Waals surface area contributed by atoms with E-state index in [1.165, 1.54) is 26.9 Å². The number of imidazole rings is 3. The monoisotopic (exact) mass is 1410 g/mol. The van der Waals surface area contributed by atoms with Crippen LogP contribution in [-0.4, -0.2) is 116 Å². The molecule has 2 aliphatic carbocycles. The van der Waals surface area contributed by atoms with Gasteiger partial charge in [0.25, 0.3) is 0 Å². The van der Waals surface area contributed by atoms with E-state index in [0.717, 1.165) is 173 Å². The molecule has 9 aromatic rings. The van der Waals surface area contributed by atoms with E-state index in [2.05, 4.69) is 45.9 Å². The highest BCUT2D eigenvalue weighted by atomic mass is 19.3. The molecule has 0 radical (unpaired) electrons. The molecule has 2 fully saturated rings. The van der Waals surface area contributed by atoms with Crippen molar-refractivity contribution in [2.45, 2.75) is 188 Å². The molecule has 0 saturated heterocycles. The lowest BCUT2D eigenvalue weighted by Gasteiger charge is -2.41. The number of hydrogen-bond acceptors (Lipinski definition) is 13. The van der Waals surface area contributed by atoms with Gasteiger partial charge in [0, 0.05) is 72.1 Å². The molecule has 21 nitrogen and oxygen atoms in total. The van der Waals surface area contributed by atoms with Gasteiger partial charge in [-0.05, 0) is 182 Å². The van der Waals surface area contributed by atoms with E-state index in [1.54, 1.807) is 45.9 Å². The quantitative estimate of drug-likeness (QED) is 0.0961. The number of ketones is 1. The van der Waals surface area contributed by atoms with Crippen molar-refractivity contribution in [3.05, 3.63) is 172 Å². The highest BCUT2D eigenvalue weighted by Gasteiger charge is 2.43. The average molecular weight is 1410 g/mol. The highest BCUT2D eigenvalue weighted by molar-refractivity contribution is 5.98. The molecule has 2 saturated carbocycles. The Bertz CT molecular complexity index is 4620. The summed E-state index contributed by atoms with van der Waals surface area (Å²) in [4.78, 5) is 93.6. The number of carboxylic acid groups (broad SMARTS) is 1. The number of carbonyl (C=O) groups excluding carboxylic acids is 5. The molecule has 6 heterocycles. The van der Waals surface area contributed by atoms with Crippen molar-refractivity contribution in [1.82, 2.24) is 28.7 Å². The predicted octanol–water partition coefficient (Wildman–Crippen LogP) is 15.5. The smallest absolute Gasteiger partial charge is 0.414 e. The molecule has 3 N–H and O–H groups in total. The second kappa shape index (κ2) is 30.8. The lowest BCUT2D eigenvalue weighted by molar-refractivity contribution is -0.148. The number of anilines is 3. The molecule has 0 bridgehead atoms. The largest absolute Gasteiger partial charge is 0.481 e. The Hall–Kier alpha value is -10.2. The lowest BCUT2D eigenvalue weighted by atomic mass is 9.67. The number of amides is 4. The van der Waals surface area contributed by atoms with Crippen molar-refractivity contribution in [2.24, 2.45) is 23.0 Å². The first-order chi connectivity index (χ1) is 49.5. The zero-order chi connectivity index (χ0) is 73.1. The number of halogens is 2. The number of alkyl halides is 2. The average Bonchev–Trinajstić information content (AvgIpc) is 1.64. The van der Waals surface area contributed by atoms with E-state index >= 15 is 0 Å². The maximum atomic E-state index is 12.6. The summed E-state index contributed by atoms with van der Waals surface area (Å²) in [5.74, 6) is 1.65. The van der Waals surface area contributed by atoms with Crippen molar-refractivity contribution in [3.8, 4) is 5.75 Å². The fraction of sp³-hybridized carbons (Fsp3) is 0.438. The van der Waals surface area contributed by atoms with Crippen molar-refractivity contribution in [1.29, 1.82) is 0 Å². The van der Waals surface area contributed by atoms with E-state index in [0.29, 0.717) is 25.7 Å². The van der Waals surface area contributed by atoms with E-state index in [9.17, 15) is 42.7 Å². The van der Waals surface area contributed by atoms with Gasteiger partial charge in [0.15, 0.2) is 0 Å². The predicted molar refractivity (Wildman–Crippen MR) is 390 cm³/mol. The molecule has 0 spiro atoms. The number of carboxylic acids is 1. The number of nitrogens with zero attached hydrogens (tertiary/aromatic N) is 9. The zero-order valence-corrected chi connectivity index (χ0v) is 60.1. The number of aryl methyl sites for hydroxylation is 3. The summed E-state index contributed by atoms with van der Waals surface area (Å²) >= 11 is 0. The first-order valence-corrected chi connectivity index (χ1v) is 35.8. The number of methoxy groups -OCH3 is 3. The van der Waals surface area contributed by atoms with Gasteiger partial charge in [0.05, 0.1) is 77.4 Å². The number of rotatable bonds is 14. The number of primary amides is 1. The first-order valence-electron chi connectivity index (χ1n) is 35.8. The third kappa shape index (κ3) is 15.1. The van der Waals surface area contributed by atoms with Gasteiger partial charge in [-0.1, -0.05) is 86.6 Å². The number of Topliss-reactive ketones (excluding diaryl/α,β-unsaturated/α-hetero) is 1. The Morgan fingerprint density at radius 2 is 0.922 bits per heavy atom. The molecule has 5 atom stereocenters. The van der Waals surface area contributed by atoms with Crippen LogP contribution in [0.4, 0.5) is 40.2 Å². The fourth-order valence-electron chi connectivity index (χ4n) is 16.6. The molecular formula is C80H92F2N10O11. The molecule has 4 amide bonds. The molecule has 3 aliphatic heterocycles. The van der Waals surface area contributed by atoms with Crippen LogP contribution in [0.15, 0.2) is 121 Å². The number of aliphatic carboxylic acids is 1. The molecule has 0 unspecified atom stereocenters. The fourth-order valence-corrected chi connectivity index (χ4v) is 16.6. The lowest BCUT2D eigenvalue weighted by Crippen LogP contribution is -2.42. The summed E-state index contributed by atoms with van der Waals surface area (Å²) in [6.07, 6.45) is 11.3. The molecule has 23 heteroatoms. The van der Waals surface area contributed by atoms with Gasteiger partial charge >= 0.3 is 30.9 Å². The third-order valence-electron chi connectivity index (χ3n) is 21.8. The Morgan fingerprint density at radius 1 is 0.524 bits per heavy atom. The number of hydrogen-bond donors (Lipinski definition) is 2. The van der Waals surface area contributed by atoms with Crippen molar-refractivity contribution in [3.63, 3.8) is 0 Å². The maximum Gasteiger partial charge on any atom is 0.414 e. The van der Waals surface area contributed by atoms with Gasteiger partial charge in [0.1, 0.15) is 35.6 Å². The number of nitrogens with two attached hydrogens (primary N) is 1. The molecule has 103 heavy (non-hydrogen) atoms. The summed E-state index contributed by atoms with van der Waals surface area (Å²) in [5, 5.41) is 9.79. The van der Waals surface area contributed by atoms with Gasteiger partial charge in [0.2, 0.25) is 5.91 Å². The summed E-state index contributed by atoms with van der Waals surface area (Å²) in [6.45, 7) is 9.09. The van der Waals surface area contributed by atoms with Crippen LogP contribution in [-0.2, 0) is 73.7 Å². The van der Waals surface area contributed by atoms with Gasteiger partial charge in [-0.15, -0.1) is 0 Å². The second-order valence-electron chi connectivity index (χ2n) is 28.8. The molecule has 6 aromatic carbocycles. The SMILES string of the molecule is COC(=O)N1c2ccc3c(nc(Cc4ccc(OC(F)F)cc4)n3C3CCC(C(C)=O)CC3)c2CC[C@@H]1C.COC(=O)N1c2ccc3c(nc(Cc4ccccc4)n3CC(N)=O)c2CC[C@@H]1C.COC(=O)N1c2ccc3c(nc(Cc4ccccc4)n3[C@@H]3CC[C@H](C(=O)O)C(C)(C)C3)c2CC[C@@H]1C. The summed E-state index contributed by atoms with van der Waals surface area (Å²) < 4.78 is 51.4. The molecule has 542 valence electrons. The van der Waals surface area contributed by atoms with Crippen LogP contribution < -0.4 is 25.2 Å². The Morgan fingerprint density at radius 3 is 1.33 bits per heavy atom. The molecule has 5 aliphatic rings. The van der Waals surface area contributed by atoms with E-state index in [-0.39, 0.29) is 83.8 Å². The summed E-state index contributed by atoms with van der Waals surface area (Å²) in [5.41, 5.74) is 19.6. The van der Waals surface area contributed by atoms with Crippen LogP contribution >= 0.6 is 0 Å². The Kier molecular flexibility index (Phi) is 21.7. The number of fused-ring (bicyclic) bond motifs is 9. The number of aromatic nitrogens is 6. The molecule has 3 aromatic heterocycles. The van der Waals surface area contributed by atoms with Gasteiger partial charge < -0.3 is 43.5 Å². The zero-order valence-electron chi connectivity index (χ0n) is 60.1. The first kappa shape index (κ1) is 72.6. The minimum absolute atomic E-state index is 0.0183. The highest BCUT2D eigenvalue weighted by Crippen LogP contribution is 2.49. The van der Waals surface area contributed by atoms with Crippen LogP contribution in [0, 0.1) is 17.3 Å². The topological polar surface area (TPSA) is 249 Å². The van der Waals surface area contributed by atoms with Crippen molar-refractivity contribution >= 4 is 86.1 Å². The summed E-state index contributed by atoms with van der Waals surface area (Å²) in [7, 11) is 4.20. The van der Waals surface area contributed by atoms with Crippen LogP contribution in [0.5, 0.6) is 5.75 Å². The number of carbonyl (C=O) groups is 6. The van der Waals surface area contributed by atoms with Crippen LogP contribution in [0.2, 0.25) is 0 Å². The number of ether oxygens (including phenoxy) is 4. The van der Waals surface area contributed by atoms with Gasteiger partial charge in [-0.25, -0.2) is 29.3 Å². The van der Waals surface area contributed by atoms with Gasteiger partial charge in [-0.3, -0.25) is 29.1 Å². The summed E-state index contributed by atoms with van der Waals surface area (Å²) in [6, 6.07) is 39.4. The van der Waals surface area contributed by atoms with E-state index in [4.69, 9.17) is 34.9 Å². The minimum Gasteiger partial charge on any atom is -0.481 e. The standard InChI is InChI=1S/C29H33F2N3O4.C29H35N3O4.C22H24N4O3/c1-17-4-13-23-24(33(17)29(36)37-3)14-15-25-27(23)32-26(16-19-5-11-22(12-6-19)38-28(30)31)34(25)21-9-7-20(8-10-21)18(2)35;1-18-10-12-21-23(31(18)28(35)36-4)14-15-24-26(21)30-25(16-19-8-6-5-7-9-19)32(24)20-11-13-22(27(33)34)29(2,3)17-20;1-14-8-9-16-17(26(14)22(28)29-2)10-11-18-21(16)24-20(25(18)13-19(23)27)12-15-6-4-3-5-7-15/h5-6,11-12,14-15,17,20-21,28H,4,7-10,13,16H2,1-3H3;5-9,14-15,18,20,22H,10-13,16-17H2,1-4H3,(H,33,34);3-7,10-11,14H,8-9,12-13H2,1-2H3,(H2,23,27)/t17-,20?,21?;18-,20+,22+;14-/m000/s1. The Labute approximate surface area is 598 Å². The normalized spacial score (nSPS) is 20.5. The third-order valence-corrected chi connectivity index (χ3v) is 21.8. The van der Waals surface area contributed by atoms with Crippen LogP contribution in [0.1, 0.15) is 169 Å². The Balaban J connectivity index is 0.000000147. The van der Waals surface area contributed by atoms with E-state index < -0.39 is 18.5 Å². The van der Waals surface area contributed by atoms with Crippen LogP contribution in [0.25, 0.3) is 33.1 Å². The van der Waals surface area contributed by atoms with Crippen molar-refractivity contribution < 1.29 is 61.6 Å². The number of benzene rings is 6. The second-order valence-corrected chi connectivity index (χ2v) is 28.8.